The second-order valence-corrected chi connectivity index (χ2v) is 5.54. The highest BCUT2D eigenvalue weighted by molar-refractivity contribution is 6.31. The van der Waals surface area contributed by atoms with Crippen molar-refractivity contribution in [3.8, 4) is 12.1 Å². The highest BCUT2D eigenvalue weighted by Crippen LogP contribution is 2.24. The van der Waals surface area contributed by atoms with E-state index in [4.69, 9.17) is 16.9 Å². The van der Waals surface area contributed by atoms with Crippen molar-refractivity contribution in [3.63, 3.8) is 0 Å². The smallest absolute Gasteiger partial charge is 0.129 e. The third-order valence-electron chi connectivity index (χ3n) is 3.53. The molecule has 3 aromatic rings. The van der Waals surface area contributed by atoms with Crippen molar-refractivity contribution in [1.82, 2.24) is 4.98 Å². The maximum absolute atomic E-state index is 13.9. The Kier molecular flexibility index (Phi) is 4.29. The standard InChI is InChI=1S/C18H10ClFN4/c19-14-3-4-17-15(7-14)13(9-22)6-18(24-17)23-10-12-2-1-11(8-21)5-16(12)20/h1-7H,10H2,(H,23,24). The van der Waals surface area contributed by atoms with E-state index in [1.54, 1.807) is 36.4 Å². The molecule has 24 heavy (non-hydrogen) atoms. The number of halogens is 2. The number of benzene rings is 2. The van der Waals surface area contributed by atoms with Crippen molar-refractivity contribution in [2.24, 2.45) is 0 Å². The zero-order chi connectivity index (χ0) is 17.1. The summed E-state index contributed by atoms with van der Waals surface area (Å²) < 4.78 is 13.9. The van der Waals surface area contributed by atoms with Gasteiger partial charge in [-0.3, -0.25) is 0 Å². The largest absolute Gasteiger partial charge is 0.366 e. The molecule has 0 bridgehead atoms. The quantitative estimate of drug-likeness (QED) is 0.770. The van der Waals surface area contributed by atoms with Crippen LogP contribution in [0, 0.1) is 28.5 Å². The minimum atomic E-state index is -0.463. The van der Waals surface area contributed by atoms with Crippen molar-refractivity contribution in [2.45, 2.75) is 6.54 Å². The first kappa shape index (κ1) is 15.7. The number of pyridine rings is 1. The first-order chi connectivity index (χ1) is 11.6. The summed E-state index contributed by atoms with van der Waals surface area (Å²) in [5.74, 6) is -0.000222. The molecule has 0 fully saturated rings. The van der Waals surface area contributed by atoms with Crippen LogP contribution in [0.3, 0.4) is 0 Å². The van der Waals surface area contributed by atoms with Gasteiger partial charge in [-0.05, 0) is 36.4 Å². The lowest BCUT2D eigenvalue weighted by molar-refractivity contribution is 0.612. The maximum Gasteiger partial charge on any atom is 0.129 e. The van der Waals surface area contributed by atoms with E-state index in [1.165, 1.54) is 6.07 Å². The first-order valence-corrected chi connectivity index (χ1v) is 7.41. The van der Waals surface area contributed by atoms with Crippen molar-refractivity contribution in [3.05, 3.63) is 70.0 Å². The fourth-order valence-corrected chi connectivity index (χ4v) is 2.50. The number of nitrogens with one attached hydrogen (secondary N) is 1. The molecule has 1 heterocycles. The van der Waals surface area contributed by atoms with Gasteiger partial charge in [-0.15, -0.1) is 0 Å². The molecule has 4 nitrogen and oxygen atoms in total. The summed E-state index contributed by atoms with van der Waals surface area (Å²) in [6.45, 7) is 0.189. The summed E-state index contributed by atoms with van der Waals surface area (Å²) >= 11 is 5.95. The van der Waals surface area contributed by atoms with E-state index in [9.17, 15) is 9.65 Å². The number of hydrogen-bond acceptors (Lipinski definition) is 4. The van der Waals surface area contributed by atoms with Gasteiger partial charge in [0.2, 0.25) is 0 Å². The van der Waals surface area contributed by atoms with E-state index in [1.807, 2.05) is 6.07 Å². The predicted molar refractivity (Wildman–Crippen MR) is 89.9 cm³/mol. The molecule has 116 valence electrons. The third-order valence-corrected chi connectivity index (χ3v) is 3.77. The molecule has 3 rings (SSSR count). The third kappa shape index (κ3) is 3.12. The van der Waals surface area contributed by atoms with Gasteiger partial charge in [0.05, 0.1) is 28.8 Å². The summed E-state index contributed by atoms with van der Waals surface area (Å²) in [6, 6.07) is 15.0. The molecule has 0 saturated heterocycles. The second kappa shape index (κ2) is 6.54. The molecule has 0 unspecified atom stereocenters. The molecule has 0 aliphatic rings. The number of aromatic nitrogens is 1. The van der Waals surface area contributed by atoms with Crippen LogP contribution in [-0.4, -0.2) is 4.98 Å². The Labute approximate surface area is 142 Å². The first-order valence-electron chi connectivity index (χ1n) is 7.03. The average molecular weight is 337 g/mol. The molecular formula is C18H10ClFN4. The molecule has 1 N–H and O–H groups in total. The van der Waals surface area contributed by atoms with Gasteiger partial charge in [0.1, 0.15) is 11.6 Å². The Morgan fingerprint density at radius 2 is 1.92 bits per heavy atom. The second-order valence-electron chi connectivity index (χ2n) is 5.10. The summed E-state index contributed by atoms with van der Waals surface area (Å²) in [5.41, 5.74) is 1.74. The summed E-state index contributed by atoms with van der Waals surface area (Å²) in [4.78, 5) is 4.41. The molecule has 0 radical (unpaired) electrons. The molecule has 1 aromatic heterocycles. The van der Waals surface area contributed by atoms with Crippen molar-refractivity contribution in [2.75, 3.05) is 5.32 Å². The summed E-state index contributed by atoms with van der Waals surface area (Å²) in [7, 11) is 0. The van der Waals surface area contributed by atoms with Crippen LogP contribution in [0.15, 0.2) is 42.5 Å². The van der Waals surface area contributed by atoms with Gasteiger partial charge in [-0.1, -0.05) is 17.7 Å². The molecule has 0 spiro atoms. The van der Waals surface area contributed by atoms with Gasteiger partial charge in [0, 0.05) is 22.5 Å². The zero-order valence-corrected chi connectivity index (χ0v) is 13.1. The minimum absolute atomic E-state index is 0.189. The van der Waals surface area contributed by atoms with Gasteiger partial charge in [0.25, 0.3) is 0 Å². The molecule has 0 atom stereocenters. The Morgan fingerprint density at radius 1 is 1.08 bits per heavy atom. The molecule has 0 aliphatic carbocycles. The van der Waals surface area contributed by atoms with Crippen LogP contribution in [0.25, 0.3) is 10.9 Å². The van der Waals surface area contributed by atoms with Gasteiger partial charge in [-0.2, -0.15) is 10.5 Å². The van der Waals surface area contributed by atoms with Crippen LogP contribution in [0.2, 0.25) is 5.02 Å². The monoisotopic (exact) mass is 336 g/mol. The Morgan fingerprint density at radius 3 is 2.62 bits per heavy atom. The number of hydrogen-bond donors (Lipinski definition) is 1. The number of fused-ring (bicyclic) bond motifs is 1. The topological polar surface area (TPSA) is 72.5 Å². The van der Waals surface area contributed by atoms with Crippen molar-refractivity contribution in [1.29, 1.82) is 10.5 Å². The molecule has 6 heteroatoms. The van der Waals surface area contributed by atoms with Gasteiger partial charge in [0.15, 0.2) is 0 Å². The highest BCUT2D eigenvalue weighted by Gasteiger charge is 2.08. The fourth-order valence-electron chi connectivity index (χ4n) is 2.33. The van der Waals surface area contributed by atoms with Crippen molar-refractivity contribution < 1.29 is 4.39 Å². The Bertz CT molecular complexity index is 1020. The highest BCUT2D eigenvalue weighted by atomic mass is 35.5. The van der Waals surface area contributed by atoms with Gasteiger partial charge in [-0.25, -0.2) is 9.37 Å². The molecular weight excluding hydrogens is 327 g/mol. The zero-order valence-electron chi connectivity index (χ0n) is 12.3. The normalized spacial score (nSPS) is 10.2. The summed E-state index contributed by atoms with van der Waals surface area (Å²) in [6.07, 6.45) is 0. The van der Waals surface area contributed by atoms with Crippen LogP contribution >= 0.6 is 11.6 Å². The van der Waals surface area contributed by atoms with E-state index >= 15 is 0 Å². The number of nitriles is 2. The van der Waals surface area contributed by atoms with E-state index in [0.717, 1.165) is 0 Å². The summed E-state index contributed by atoms with van der Waals surface area (Å²) in [5, 5.41) is 22.3. The lowest BCUT2D eigenvalue weighted by Crippen LogP contribution is -2.04. The van der Waals surface area contributed by atoms with Gasteiger partial charge >= 0.3 is 0 Å². The van der Waals surface area contributed by atoms with Gasteiger partial charge < -0.3 is 5.32 Å². The number of rotatable bonds is 3. The van der Waals surface area contributed by atoms with E-state index in [2.05, 4.69) is 16.4 Å². The van der Waals surface area contributed by atoms with E-state index < -0.39 is 5.82 Å². The molecule has 0 amide bonds. The minimum Gasteiger partial charge on any atom is -0.366 e. The molecule has 2 aromatic carbocycles. The lowest BCUT2D eigenvalue weighted by atomic mass is 10.1. The number of anilines is 1. The van der Waals surface area contributed by atoms with Crippen LogP contribution in [0.1, 0.15) is 16.7 Å². The van der Waals surface area contributed by atoms with Crippen LogP contribution in [0.5, 0.6) is 0 Å². The van der Waals surface area contributed by atoms with E-state index in [0.29, 0.717) is 32.9 Å². The lowest BCUT2D eigenvalue weighted by Gasteiger charge is -2.09. The van der Waals surface area contributed by atoms with Crippen LogP contribution < -0.4 is 5.32 Å². The Hall–Kier alpha value is -3.15. The van der Waals surface area contributed by atoms with Crippen LogP contribution in [0.4, 0.5) is 10.2 Å². The SMILES string of the molecule is N#Cc1ccc(CNc2cc(C#N)c3cc(Cl)ccc3n2)c(F)c1. The average Bonchev–Trinajstić information content (AvgIpc) is 2.60. The molecule has 0 saturated carbocycles. The fraction of sp³-hybridized carbons (Fsp3) is 0.0556. The van der Waals surface area contributed by atoms with Crippen LogP contribution in [-0.2, 0) is 6.54 Å². The van der Waals surface area contributed by atoms with Crippen molar-refractivity contribution >= 4 is 28.3 Å². The Balaban J connectivity index is 1.90. The predicted octanol–water partition coefficient (Wildman–Crippen LogP) is 4.38. The maximum atomic E-state index is 13.9. The number of nitrogens with zero attached hydrogens (tertiary/aromatic N) is 3. The van der Waals surface area contributed by atoms with E-state index in [-0.39, 0.29) is 12.1 Å². The molecule has 0 aliphatic heterocycles.